The SMILES string of the molecule is COc1cccc(C(=O)[C@@H](CC(=O)c2ccc(Cl)cc2Cl)S(=O)(=O)c2ccc(C)cc2)c1. The third-order valence-corrected chi connectivity index (χ3v) is 7.58. The van der Waals surface area contributed by atoms with Gasteiger partial charge in [-0.2, -0.15) is 0 Å². The molecule has 0 aromatic heterocycles. The first-order valence-corrected chi connectivity index (χ1v) is 11.9. The molecule has 8 heteroatoms. The summed E-state index contributed by atoms with van der Waals surface area (Å²) in [6.45, 7) is 1.82. The Bertz CT molecular complexity index is 1270. The topological polar surface area (TPSA) is 77.5 Å². The minimum Gasteiger partial charge on any atom is -0.497 e. The van der Waals surface area contributed by atoms with Gasteiger partial charge in [-0.05, 0) is 49.4 Å². The summed E-state index contributed by atoms with van der Waals surface area (Å²) in [5.41, 5.74) is 1.09. The van der Waals surface area contributed by atoms with Crippen LogP contribution in [-0.4, -0.2) is 32.3 Å². The zero-order valence-corrected chi connectivity index (χ0v) is 19.7. The zero-order valence-electron chi connectivity index (χ0n) is 17.3. The summed E-state index contributed by atoms with van der Waals surface area (Å²) < 4.78 is 32.1. The van der Waals surface area contributed by atoms with Gasteiger partial charge in [0.1, 0.15) is 11.0 Å². The monoisotopic (exact) mass is 490 g/mol. The number of halogens is 2. The van der Waals surface area contributed by atoms with E-state index in [1.807, 2.05) is 6.92 Å². The number of hydrogen-bond acceptors (Lipinski definition) is 5. The minimum atomic E-state index is -4.19. The number of carbonyl (C=O) groups is 2. The first kappa shape index (κ1) is 24.0. The maximum Gasteiger partial charge on any atom is 0.189 e. The van der Waals surface area contributed by atoms with Gasteiger partial charge >= 0.3 is 0 Å². The highest BCUT2D eigenvalue weighted by Crippen LogP contribution is 2.28. The average Bonchev–Trinajstić information content (AvgIpc) is 2.77. The van der Waals surface area contributed by atoms with Crippen molar-refractivity contribution in [2.24, 2.45) is 0 Å². The van der Waals surface area contributed by atoms with E-state index in [9.17, 15) is 18.0 Å². The van der Waals surface area contributed by atoms with Crippen molar-refractivity contribution in [2.45, 2.75) is 23.5 Å². The molecule has 0 bridgehead atoms. The quantitative estimate of drug-likeness (QED) is 0.383. The number of rotatable bonds is 8. The largest absolute Gasteiger partial charge is 0.497 e. The minimum absolute atomic E-state index is 0.0423. The summed E-state index contributed by atoms with van der Waals surface area (Å²) in [6, 6.07) is 16.6. The van der Waals surface area contributed by atoms with Crippen molar-refractivity contribution >= 4 is 44.6 Å². The summed E-state index contributed by atoms with van der Waals surface area (Å²) in [4.78, 5) is 26.3. The lowest BCUT2D eigenvalue weighted by atomic mass is 10.0. The van der Waals surface area contributed by atoms with E-state index in [2.05, 4.69) is 0 Å². The first-order valence-electron chi connectivity index (χ1n) is 9.60. The summed E-state index contributed by atoms with van der Waals surface area (Å²) in [6.07, 6.45) is -0.576. The Morgan fingerprint density at radius 2 is 1.66 bits per heavy atom. The van der Waals surface area contributed by atoms with Crippen LogP contribution in [0.1, 0.15) is 32.7 Å². The number of Topliss-reactive ketones (excluding diaryl/α,β-unsaturated/α-hetero) is 2. The standard InChI is InChI=1S/C24H20Cl2O5S/c1-15-6-9-19(10-7-15)32(29,30)23(24(28)16-4-3-5-18(12-16)31-2)14-22(27)20-11-8-17(25)13-21(20)26/h3-13,23H,14H2,1-2H3/t23-/m1/s1. The Hall–Kier alpha value is -2.67. The second-order valence-corrected chi connectivity index (χ2v) is 10.2. The molecular formula is C24H20Cl2O5S. The van der Waals surface area contributed by atoms with E-state index in [0.29, 0.717) is 10.8 Å². The van der Waals surface area contributed by atoms with Crippen molar-refractivity contribution in [3.63, 3.8) is 0 Å². The number of carbonyl (C=O) groups excluding carboxylic acids is 2. The molecule has 0 saturated carbocycles. The highest BCUT2D eigenvalue weighted by atomic mass is 35.5. The van der Waals surface area contributed by atoms with Crippen LogP contribution in [0, 0.1) is 6.92 Å². The Labute approximate surface area is 196 Å². The van der Waals surface area contributed by atoms with Gasteiger partial charge in [-0.15, -0.1) is 0 Å². The second kappa shape index (κ2) is 9.86. The third-order valence-electron chi connectivity index (χ3n) is 4.97. The van der Waals surface area contributed by atoms with Gasteiger partial charge in [-0.3, -0.25) is 9.59 Å². The van der Waals surface area contributed by atoms with E-state index in [1.54, 1.807) is 24.3 Å². The Morgan fingerprint density at radius 3 is 2.28 bits per heavy atom. The maximum atomic E-state index is 13.5. The molecule has 0 fully saturated rings. The summed E-state index contributed by atoms with van der Waals surface area (Å²) >= 11 is 12.0. The second-order valence-electron chi connectivity index (χ2n) is 7.19. The molecule has 166 valence electrons. The van der Waals surface area contributed by atoms with Crippen LogP contribution in [0.25, 0.3) is 0 Å². The lowest BCUT2D eigenvalue weighted by Crippen LogP contribution is -2.33. The lowest BCUT2D eigenvalue weighted by Gasteiger charge is -2.17. The summed E-state index contributed by atoms with van der Waals surface area (Å²) in [7, 11) is -2.75. The van der Waals surface area contributed by atoms with Crippen LogP contribution >= 0.6 is 23.2 Å². The molecule has 0 radical (unpaired) electrons. The molecule has 32 heavy (non-hydrogen) atoms. The van der Waals surface area contributed by atoms with Crippen molar-refractivity contribution < 1.29 is 22.7 Å². The van der Waals surface area contributed by atoms with Crippen molar-refractivity contribution in [3.8, 4) is 5.75 Å². The molecule has 0 aliphatic heterocycles. The molecule has 3 rings (SSSR count). The molecule has 0 unspecified atom stereocenters. The van der Waals surface area contributed by atoms with Gasteiger partial charge in [0.05, 0.1) is 17.0 Å². The van der Waals surface area contributed by atoms with Crippen LogP contribution in [0.3, 0.4) is 0 Å². The van der Waals surface area contributed by atoms with Crippen LogP contribution < -0.4 is 4.74 Å². The Balaban J connectivity index is 2.06. The molecule has 0 N–H and O–H groups in total. The van der Waals surface area contributed by atoms with Gasteiger partial charge < -0.3 is 4.74 Å². The van der Waals surface area contributed by atoms with Crippen LogP contribution in [-0.2, 0) is 9.84 Å². The molecule has 3 aromatic carbocycles. The van der Waals surface area contributed by atoms with Gasteiger partial charge in [-0.25, -0.2) is 8.42 Å². The molecule has 0 spiro atoms. The molecule has 3 aromatic rings. The van der Waals surface area contributed by atoms with Gasteiger partial charge in [0.2, 0.25) is 0 Å². The number of aryl methyl sites for hydroxylation is 1. The predicted octanol–water partition coefficient (Wildman–Crippen LogP) is 5.61. The molecule has 0 aliphatic carbocycles. The van der Waals surface area contributed by atoms with Crippen molar-refractivity contribution in [2.75, 3.05) is 7.11 Å². The van der Waals surface area contributed by atoms with Crippen LogP contribution in [0.15, 0.2) is 71.6 Å². The highest BCUT2D eigenvalue weighted by Gasteiger charge is 2.37. The number of sulfone groups is 1. The van der Waals surface area contributed by atoms with E-state index >= 15 is 0 Å². The fourth-order valence-corrected chi connectivity index (χ4v) is 5.34. The van der Waals surface area contributed by atoms with Crippen LogP contribution in [0.4, 0.5) is 0 Å². The van der Waals surface area contributed by atoms with Crippen molar-refractivity contribution in [1.29, 1.82) is 0 Å². The van der Waals surface area contributed by atoms with E-state index in [1.165, 1.54) is 49.6 Å². The third kappa shape index (κ3) is 5.21. The molecule has 0 amide bonds. The summed E-state index contributed by atoms with van der Waals surface area (Å²) in [5, 5.41) is -1.22. The molecular weight excluding hydrogens is 471 g/mol. The zero-order chi connectivity index (χ0) is 23.5. The number of benzene rings is 3. The smallest absolute Gasteiger partial charge is 0.189 e. The molecule has 0 saturated heterocycles. The van der Waals surface area contributed by atoms with E-state index < -0.39 is 33.1 Å². The van der Waals surface area contributed by atoms with Crippen LogP contribution in [0.2, 0.25) is 10.0 Å². The van der Waals surface area contributed by atoms with Crippen LogP contribution in [0.5, 0.6) is 5.75 Å². The van der Waals surface area contributed by atoms with E-state index in [0.717, 1.165) is 5.56 Å². The number of hydrogen-bond donors (Lipinski definition) is 0. The van der Waals surface area contributed by atoms with Gasteiger partial charge in [-0.1, -0.05) is 53.0 Å². The number of ether oxygens (including phenoxy) is 1. The molecule has 1 atom stereocenters. The van der Waals surface area contributed by atoms with E-state index in [4.69, 9.17) is 27.9 Å². The van der Waals surface area contributed by atoms with Gasteiger partial charge in [0.15, 0.2) is 21.4 Å². The van der Waals surface area contributed by atoms with E-state index in [-0.39, 0.29) is 21.0 Å². The van der Waals surface area contributed by atoms with Crippen molar-refractivity contribution in [1.82, 2.24) is 0 Å². The van der Waals surface area contributed by atoms with Gasteiger partial charge in [0.25, 0.3) is 0 Å². The molecule has 0 aliphatic rings. The molecule has 5 nitrogen and oxygen atoms in total. The number of ketones is 2. The Kier molecular flexibility index (Phi) is 7.39. The summed E-state index contributed by atoms with van der Waals surface area (Å²) in [5.74, 6) is -0.888. The predicted molar refractivity (Wildman–Crippen MR) is 125 cm³/mol. The average molecular weight is 491 g/mol. The normalized spacial score (nSPS) is 12.2. The van der Waals surface area contributed by atoms with Crippen molar-refractivity contribution in [3.05, 3.63) is 93.5 Å². The molecule has 0 heterocycles. The lowest BCUT2D eigenvalue weighted by molar-refractivity contribution is 0.0920. The number of methoxy groups -OCH3 is 1. The fraction of sp³-hybridized carbons (Fsp3) is 0.167. The van der Waals surface area contributed by atoms with Gasteiger partial charge in [0, 0.05) is 22.6 Å². The fourth-order valence-electron chi connectivity index (χ4n) is 3.19. The maximum absolute atomic E-state index is 13.5. The highest BCUT2D eigenvalue weighted by molar-refractivity contribution is 7.92. The first-order chi connectivity index (χ1) is 15.1. The Morgan fingerprint density at radius 1 is 0.969 bits per heavy atom.